The van der Waals surface area contributed by atoms with Crippen molar-refractivity contribution in [2.45, 2.75) is 31.8 Å². The number of hydrogen-bond acceptors (Lipinski definition) is 3. The normalized spacial score (nSPS) is 19.6. The van der Waals surface area contributed by atoms with E-state index in [0.29, 0.717) is 0 Å². The van der Waals surface area contributed by atoms with Gasteiger partial charge < -0.3 is 10.2 Å². The smallest absolute Gasteiger partial charge is 0.0601 e. The van der Waals surface area contributed by atoms with E-state index in [1.807, 2.05) is 12.4 Å². The lowest BCUT2D eigenvalue weighted by Crippen LogP contribution is -2.29. The van der Waals surface area contributed by atoms with Gasteiger partial charge in [0, 0.05) is 31.9 Å². The summed E-state index contributed by atoms with van der Waals surface area (Å²) in [7, 11) is 0. The summed E-state index contributed by atoms with van der Waals surface area (Å²) in [6.45, 7) is 3.10. The highest BCUT2D eigenvalue weighted by molar-refractivity contribution is 5.52. The predicted octanol–water partition coefficient (Wildman–Crippen LogP) is 2.10. The van der Waals surface area contributed by atoms with Crippen molar-refractivity contribution in [1.82, 2.24) is 10.3 Å². The van der Waals surface area contributed by atoms with Crippen LogP contribution in [0, 0.1) is 0 Å². The average Bonchev–Trinajstić information content (AvgIpc) is 3.22. The maximum Gasteiger partial charge on any atom is 0.0601 e. The molecular formula is C14H19N3. The standard InChI is InChI=1S/C14H19N3/c1-2-8-17(9-3-1)14-11-15-7-6-12(14)10-16-13-4-5-13/h1-2,6-7,11,13,16H,3-5,8-10H2. The second-order valence-corrected chi connectivity index (χ2v) is 4.87. The summed E-state index contributed by atoms with van der Waals surface area (Å²) in [5.74, 6) is 0. The third-order valence-corrected chi connectivity index (χ3v) is 3.44. The maximum atomic E-state index is 4.27. The van der Waals surface area contributed by atoms with Crippen LogP contribution in [0.2, 0.25) is 0 Å². The Kier molecular flexibility index (Phi) is 3.10. The molecule has 0 saturated heterocycles. The second kappa shape index (κ2) is 4.88. The van der Waals surface area contributed by atoms with Gasteiger partial charge in [0.25, 0.3) is 0 Å². The summed E-state index contributed by atoms with van der Waals surface area (Å²) in [4.78, 5) is 6.68. The molecule has 2 heterocycles. The van der Waals surface area contributed by atoms with Crippen molar-refractivity contribution >= 4 is 5.69 Å². The van der Waals surface area contributed by atoms with Gasteiger partial charge in [-0.15, -0.1) is 0 Å². The average molecular weight is 229 g/mol. The molecule has 1 saturated carbocycles. The van der Waals surface area contributed by atoms with Crippen molar-refractivity contribution in [2.75, 3.05) is 18.0 Å². The summed E-state index contributed by atoms with van der Waals surface area (Å²) in [5, 5.41) is 3.58. The Balaban J connectivity index is 1.74. The van der Waals surface area contributed by atoms with Crippen molar-refractivity contribution in [3.63, 3.8) is 0 Å². The summed E-state index contributed by atoms with van der Waals surface area (Å²) in [6.07, 6.45) is 12.2. The van der Waals surface area contributed by atoms with Gasteiger partial charge in [-0.05, 0) is 30.9 Å². The highest BCUT2D eigenvalue weighted by Gasteiger charge is 2.21. The molecule has 1 aromatic rings. The third kappa shape index (κ3) is 2.67. The van der Waals surface area contributed by atoms with E-state index in [2.05, 4.69) is 33.4 Å². The fourth-order valence-electron chi connectivity index (χ4n) is 2.25. The number of pyridine rings is 1. The molecule has 17 heavy (non-hydrogen) atoms. The zero-order chi connectivity index (χ0) is 11.5. The molecule has 1 N–H and O–H groups in total. The molecule has 1 aromatic heterocycles. The van der Waals surface area contributed by atoms with Crippen molar-refractivity contribution in [1.29, 1.82) is 0 Å². The molecule has 0 unspecified atom stereocenters. The van der Waals surface area contributed by atoms with E-state index in [-0.39, 0.29) is 0 Å². The van der Waals surface area contributed by atoms with E-state index in [1.54, 1.807) is 0 Å². The molecule has 0 radical (unpaired) electrons. The van der Waals surface area contributed by atoms with Gasteiger partial charge in [0.05, 0.1) is 11.9 Å². The monoisotopic (exact) mass is 229 g/mol. The van der Waals surface area contributed by atoms with Crippen molar-refractivity contribution in [3.8, 4) is 0 Å². The Bertz CT molecular complexity index is 410. The minimum atomic E-state index is 0.761. The molecule has 1 aliphatic heterocycles. The minimum absolute atomic E-state index is 0.761. The molecule has 1 fully saturated rings. The quantitative estimate of drug-likeness (QED) is 0.801. The SMILES string of the molecule is C1=CCN(c2cnccc2CNC2CC2)CC1. The van der Waals surface area contributed by atoms with Crippen LogP contribution in [0.4, 0.5) is 5.69 Å². The maximum absolute atomic E-state index is 4.27. The molecular weight excluding hydrogens is 210 g/mol. The Morgan fingerprint density at radius 2 is 2.29 bits per heavy atom. The first kappa shape index (κ1) is 10.8. The topological polar surface area (TPSA) is 28.2 Å². The van der Waals surface area contributed by atoms with Gasteiger partial charge in [0.1, 0.15) is 0 Å². The van der Waals surface area contributed by atoms with Gasteiger partial charge in [0.2, 0.25) is 0 Å². The van der Waals surface area contributed by atoms with Crippen molar-refractivity contribution in [2.24, 2.45) is 0 Å². The van der Waals surface area contributed by atoms with E-state index in [1.165, 1.54) is 24.1 Å². The lowest BCUT2D eigenvalue weighted by Gasteiger charge is -2.27. The molecule has 0 amide bonds. The number of aromatic nitrogens is 1. The molecule has 3 rings (SSSR count). The van der Waals surface area contributed by atoms with E-state index in [0.717, 1.165) is 32.1 Å². The van der Waals surface area contributed by atoms with Crippen LogP contribution in [0.3, 0.4) is 0 Å². The third-order valence-electron chi connectivity index (χ3n) is 3.44. The van der Waals surface area contributed by atoms with E-state index < -0.39 is 0 Å². The van der Waals surface area contributed by atoms with Crippen LogP contribution in [0.5, 0.6) is 0 Å². The lowest BCUT2D eigenvalue weighted by atomic mass is 10.1. The fourth-order valence-corrected chi connectivity index (χ4v) is 2.25. The van der Waals surface area contributed by atoms with Crippen LogP contribution in [0.25, 0.3) is 0 Å². The summed E-state index contributed by atoms with van der Waals surface area (Å²) in [5.41, 5.74) is 2.67. The van der Waals surface area contributed by atoms with Crippen LogP contribution in [-0.4, -0.2) is 24.1 Å². The summed E-state index contributed by atoms with van der Waals surface area (Å²) < 4.78 is 0. The number of anilines is 1. The van der Waals surface area contributed by atoms with E-state index in [4.69, 9.17) is 0 Å². The number of hydrogen-bond donors (Lipinski definition) is 1. The number of nitrogens with zero attached hydrogens (tertiary/aromatic N) is 2. The molecule has 0 atom stereocenters. The van der Waals surface area contributed by atoms with Crippen molar-refractivity contribution < 1.29 is 0 Å². The number of nitrogens with one attached hydrogen (secondary N) is 1. The molecule has 2 aliphatic rings. The molecule has 0 aromatic carbocycles. The fraction of sp³-hybridized carbons (Fsp3) is 0.500. The van der Waals surface area contributed by atoms with Crippen LogP contribution in [0.15, 0.2) is 30.6 Å². The first-order valence-electron chi connectivity index (χ1n) is 6.50. The second-order valence-electron chi connectivity index (χ2n) is 4.87. The highest BCUT2D eigenvalue weighted by atomic mass is 15.1. The molecule has 0 bridgehead atoms. The first-order chi connectivity index (χ1) is 8.43. The van der Waals surface area contributed by atoms with Crippen LogP contribution in [-0.2, 0) is 6.54 Å². The Morgan fingerprint density at radius 1 is 1.35 bits per heavy atom. The summed E-state index contributed by atoms with van der Waals surface area (Å²) >= 11 is 0. The molecule has 0 spiro atoms. The van der Waals surface area contributed by atoms with E-state index >= 15 is 0 Å². The zero-order valence-electron chi connectivity index (χ0n) is 10.1. The van der Waals surface area contributed by atoms with Gasteiger partial charge in [-0.3, -0.25) is 4.98 Å². The number of rotatable bonds is 4. The van der Waals surface area contributed by atoms with Gasteiger partial charge >= 0.3 is 0 Å². The molecule has 3 nitrogen and oxygen atoms in total. The van der Waals surface area contributed by atoms with Crippen LogP contribution in [0.1, 0.15) is 24.8 Å². The van der Waals surface area contributed by atoms with E-state index in [9.17, 15) is 0 Å². The van der Waals surface area contributed by atoms with Gasteiger partial charge in [0.15, 0.2) is 0 Å². The molecule has 90 valence electrons. The minimum Gasteiger partial charge on any atom is -0.366 e. The largest absolute Gasteiger partial charge is 0.366 e. The van der Waals surface area contributed by atoms with Crippen LogP contribution < -0.4 is 10.2 Å². The Labute approximate surface area is 103 Å². The predicted molar refractivity (Wildman–Crippen MR) is 70.1 cm³/mol. The Hall–Kier alpha value is -1.35. The van der Waals surface area contributed by atoms with Crippen LogP contribution >= 0.6 is 0 Å². The highest BCUT2D eigenvalue weighted by Crippen LogP contribution is 2.23. The first-order valence-corrected chi connectivity index (χ1v) is 6.50. The molecule has 3 heteroatoms. The van der Waals surface area contributed by atoms with Crippen molar-refractivity contribution in [3.05, 3.63) is 36.2 Å². The van der Waals surface area contributed by atoms with Gasteiger partial charge in [-0.2, -0.15) is 0 Å². The van der Waals surface area contributed by atoms with Gasteiger partial charge in [-0.1, -0.05) is 12.2 Å². The van der Waals surface area contributed by atoms with Gasteiger partial charge in [-0.25, -0.2) is 0 Å². The summed E-state index contributed by atoms with van der Waals surface area (Å²) in [6, 6.07) is 2.90. The molecule has 1 aliphatic carbocycles. The lowest BCUT2D eigenvalue weighted by molar-refractivity contribution is 0.682. The Morgan fingerprint density at radius 3 is 3.06 bits per heavy atom. The zero-order valence-corrected chi connectivity index (χ0v) is 10.1.